The Bertz CT molecular complexity index is 6590. The number of benzene rings is 12. The summed E-state index contributed by atoms with van der Waals surface area (Å²) < 4.78 is 17.0. The molecule has 0 atom stereocenters. The maximum absolute atomic E-state index is 15.1. The lowest BCUT2D eigenvalue weighted by Gasteiger charge is -2.24. The number of anilines is 2. The Balaban J connectivity index is 0.986. The molecule has 550 valence electrons. The van der Waals surface area contributed by atoms with Crippen molar-refractivity contribution in [1.29, 1.82) is 5.26 Å². The van der Waals surface area contributed by atoms with E-state index < -0.39 is 49.3 Å². The molecule has 0 saturated heterocycles. The molecule has 4 aromatic heterocycles. The van der Waals surface area contributed by atoms with Gasteiger partial charge in [-0.15, -0.1) is 0 Å². The van der Waals surface area contributed by atoms with Gasteiger partial charge in [0.1, 0.15) is 28.8 Å². The van der Waals surface area contributed by atoms with Crippen molar-refractivity contribution in [1.82, 2.24) is 28.9 Å². The van der Waals surface area contributed by atoms with Gasteiger partial charge in [0.25, 0.3) is 23.6 Å². The van der Waals surface area contributed by atoms with Crippen molar-refractivity contribution in [2.24, 2.45) is 0 Å². The summed E-state index contributed by atoms with van der Waals surface area (Å²) in [7, 11) is 0. The average molecular weight is 1590 g/mol. The Morgan fingerprint density at radius 1 is 0.397 bits per heavy atom. The molecule has 6 heterocycles. The summed E-state index contributed by atoms with van der Waals surface area (Å²) in [5, 5.41) is 14.5. The van der Waals surface area contributed by atoms with Gasteiger partial charge in [-0.3, -0.25) is 34.1 Å². The summed E-state index contributed by atoms with van der Waals surface area (Å²) in [5.41, 5.74) is 6.21. The first-order chi connectivity index (χ1) is 56.6. The van der Waals surface area contributed by atoms with E-state index in [1.165, 1.54) is 48.8 Å². The molecule has 12 aromatic carbocycles. The molecule has 0 radical (unpaired) electrons. The molecule has 0 aliphatic carbocycles. The highest BCUT2D eigenvalue weighted by Gasteiger charge is 2.41. The number of nitrogens with zero attached hydrogens (tertiary/aromatic N) is 10. The molecule has 0 N–H and O–H groups in total. The highest BCUT2D eigenvalue weighted by molar-refractivity contribution is 6.85. The zero-order chi connectivity index (χ0) is 79.6. The minimum Gasteiger partial charge on any atom is -0.423 e. The molecule has 18 nitrogen and oxygen atoms in total. The van der Waals surface area contributed by atoms with Crippen LogP contribution in [-0.2, 0) is 0 Å². The number of fused-ring (bicyclic) bond motifs is 5. The molecular weight excluding hydrogens is 1540 g/mol. The lowest BCUT2D eigenvalue weighted by Crippen LogP contribution is -2.54. The number of hydrogen-bond donors (Lipinski definition) is 0. The van der Waals surface area contributed by atoms with Crippen molar-refractivity contribution in [3.05, 3.63) is 391 Å². The largest absolute Gasteiger partial charge is 0.423 e. The van der Waals surface area contributed by atoms with Crippen LogP contribution in [0.5, 0.6) is 11.5 Å². The number of halogens is 4. The fourth-order valence-electron chi connectivity index (χ4n) is 15.3. The fourth-order valence-corrected chi connectivity index (χ4v) is 15.9. The third-order valence-corrected chi connectivity index (χ3v) is 21.8. The molecular formula is C92H50B2Cl4N10O8. The van der Waals surface area contributed by atoms with Crippen molar-refractivity contribution >= 4 is 173 Å². The minimum atomic E-state index is -0.952. The van der Waals surface area contributed by atoms with E-state index >= 15 is 9.59 Å². The number of rotatable bonds is 16. The van der Waals surface area contributed by atoms with Crippen molar-refractivity contribution in [2.75, 3.05) is 9.80 Å². The van der Waals surface area contributed by atoms with Gasteiger partial charge in [-0.05, 0) is 109 Å². The second kappa shape index (κ2) is 30.1. The average Bonchev–Trinajstić information content (AvgIpc) is 1.52. The van der Waals surface area contributed by atoms with Gasteiger partial charge in [0.2, 0.25) is 5.70 Å². The SMILES string of the molecule is [C-]#[N+]C(c1cnc2cc(Cl)c(Cl)cc2n1)=c1c2c(-c3cccc(OC(=O)c4ccc5c(c4)C(=O)N(c4ccccc4)C5=O)c3)n(B(c3ccccc3)c3ccccc3)/c(=C(/C#N)c3cnc4cc(Cl)c(Cl)cc4n3)c2c(-c2cccc(OC(=O)c3ccc4c(c3)C(=O)N(c3ccccc3)C4=O)c2)n1B(c1ccccc1)c1ccccc1. The van der Waals surface area contributed by atoms with Crippen LogP contribution in [0, 0.1) is 17.9 Å². The first-order valence-corrected chi connectivity index (χ1v) is 37.7. The molecule has 116 heavy (non-hydrogen) atoms. The predicted molar refractivity (Wildman–Crippen MR) is 451 cm³/mol. The number of ether oxygens (including phenoxy) is 2. The Labute approximate surface area is 681 Å². The Morgan fingerprint density at radius 3 is 1.15 bits per heavy atom. The summed E-state index contributed by atoms with van der Waals surface area (Å²) in [6.07, 6.45) is 2.96. The summed E-state index contributed by atoms with van der Waals surface area (Å²) in [4.78, 5) is 113. The fraction of sp³-hybridized carbons (Fsp3) is 0. The number of amides is 4. The first-order valence-electron chi connectivity index (χ1n) is 36.2. The summed E-state index contributed by atoms with van der Waals surface area (Å²) in [6, 6.07) is 86.3. The van der Waals surface area contributed by atoms with Crippen LogP contribution < -0.4 is 51.8 Å². The van der Waals surface area contributed by atoms with E-state index in [0.29, 0.717) is 77.5 Å². The van der Waals surface area contributed by atoms with Crippen LogP contribution in [0.25, 0.3) is 71.5 Å². The van der Waals surface area contributed by atoms with Crippen molar-refractivity contribution < 1.29 is 38.2 Å². The van der Waals surface area contributed by atoms with Crippen LogP contribution in [0.15, 0.2) is 304 Å². The van der Waals surface area contributed by atoms with Crippen LogP contribution in [0.2, 0.25) is 20.1 Å². The molecule has 0 bridgehead atoms. The summed E-state index contributed by atoms with van der Waals surface area (Å²) in [6.45, 7) is 8.00. The molecule has 4 amide bonds. The number of hydrogen-bond acceptors (Lipinski definition) is 13. The highest BCUT2D eigenvalue weighted by Crippen LogP contribution is 2.41. The minimum absolute atomic E-state index is 0.000466. The second-order valence-corrected chi connectivity index (χ2v) is 28.8. The highest BCUT2D eigenvalue weighted by atomic mass is 35.5. The van der Waals surface area contributed by atoms with Gasteiger partial charge in [-0.2, -0.15) is 5.26 Å². The summed E-state index contributed by atoms with van der Waals surface area (Å²) >= 11 is 27.0. The van der Waals surface area contributed by atoms with Crippen molar-refractivity contribution in [2.45, 2.75) is 0 Å². The third-order valence-electron chi connectivity index (χ3n) is 20.4. The van der Waals surface area contributed by atoms with E-state index in [4.69, 9.17) is 75.8 Å². The molecule has 18 rings (SSSR count). The van der Waals surface area contributed by atoms with Gasteiger partial charge >= 0.3 is 25.6 Å². The number of aromatic nitrogens is 6. The third kappa shape index (κ3) is 12.9. The zero-order valence-corrected chi connectivity index (χ0v) is 63.3. The van der Waals surface area contributed by atoms with E-state index in [1.807, 2.05) is 142 Å². The van der Waals surface area contributed by atoms with Crippen LogP contribution in [-0.4, -0.2) is 78.2 Å². The molecule has 0 fully saturated rings. The van der Waals surface area contributed by atoms with E-state index in [0.717, 1.165) is 9.80 Å². The first kappa shape index (κ1) is 72.9. The molecule has 0 saturated carbocycles. The Kier molecular flexibility index (Phi) is 18.9. The number of para-hydroxylation sites is 2. The van der Waals surface area contributed by atoms with Crippen molar-refractivity contribution in [3.8, 4) is 40.1 Å². The van der Waals surface area contributed by atoms with Gasteiger partial charge in [0.15, 0.2) is 0 Å². The second-order valence-electron chi connectivity index (χ2n) is 27.2. The standard InChI is InChI=1S/C92H50B2Cl4N10O8/c1-100-82(79-52-102-75-47-71(96)73(98)49-77(75)104-79)86-81-80(83(108(86)94(59-28-12-4-13-29-59)60-30-14-5-15-31-60)53-22-20-36-63(42-53)115-91(113)55-38-40-65-67(44-55)89(111)105(87(65)109)61-32-16-6-17-33-61)85(69(50-99)78-51-101-74-46-70(95)72(97)48-76(74)103-78)107(93(57-24-8-2-9-25-57)58-26-10-3-11-27-58)84(81)54-23-21-37-64(43-54)116-92(114)56-39-41-66-68(45-56)90(112)106(88(66)110)62-34-18-7-19-35-62/h2-49,51-52H/b85-69-,86-82?. The lowest BCUT2D eigenvalue weighted by atomic mass is 9.50. The van der Waals surface area contributed by atoms with Gasteiger partial charge < -0.3 is 18.4 Å². The molecule has 24 heteroatoms. The monoisotopic (exact) mass is 1580 g/mol. The number of imide groups is 2. The van der Waals surface area contributed by atoms with Crippen LogP contribution in [0.4, 0.5) is 11.4 Å². The van der Waals surface area contributed by atoms with Gasteiger partial charge in [-0.25, -0.2) is 29.2 Å². The Morgan fingerprint density at radius 2 is 0.750 bits per heavy atom. The topological polar surface area (TPSA) is 217 Å². The molecule has 16 aromatic rings. The summed E-state index contributed by atoms with van der Waals surface area (Å²) in [5.74, 6) is -4.15. The number of carbonyl (C=O) groups excluding carboxylic acids is 6. The van der Waals surface area contributed by atoms with E-state index in [9.17, 15) is 31.0 Å². The van der Waals surface area contributed by atoms with E-state index in [2.05, 4.69) is 10.9 Å². The van der Waals surface area contributed by atoms with E-state index in [-0.39, 0.29) is 109 Å². The Hall–Kier alpha value is -14.6. The number of carbonyl (C=O) groups is 6. The van der Waals surface area contributed by atoms with Gasteiger partial charge in [-0.1, -0.05) is 250 Å². The molecule has 0 spiro atoms. The maximum atomic E-state index is 15.1. The number of nitriles is 1. The lowest BCUT2D eigenvalue weighted by molar-refractivity contribution is 0.0725. The normalized spacial score (nSPS) is 12.8. The smallest absolute Gasteiger partial charge is 0.343 e. The quantitative estimate of drug-likeness (QED) is 0.0289. The van der Waals surface area contributed by atoms with E-state index in [1.54, 1.807) is 121 Å². The van der Waals surface area contributed by atoms with Gasteiger partial charge in [0, 0.05) is 44.8 Å². The maximum Gasteiger partial charge on any atom is 0.343 e. The molecule has 2 aliphatic heterocycles. The van der Waals surface area contributed by atoms with Crippen LogP contribution >= 0.6 is 46.4 Å². The van der Waals surface area contributed by atoms with Crippen LogP contribution in [0.1, 0.15) is 73.5 Å². The zero-order valence-electron chi connectivity index (χ0n) is 60.3. The van der Waals surface area contributed by atoms with Gasteiger partial charge in [0.05, 0.1) is 111 Å². The predicted octanol–water partition coefficient (Wildman–Crippen LogP) is 15.4. The van der Waals surface area contributed by atoms with Crippen molar-refractivity contribution in [3.63, 3.8) is 0 Å². The number of esters is 2. The molecule has 2 aliphatic rings. The van der Waals surface area contributed by atoms with Crippen LogP contribution in [0.3, 0.4) is 0 Å². The molecule has 0 unspecified atom stereocenters.